The molecule has 0 spiro atoms. The number of hydrogen-bond donors (Lipinski definition) is 0. The van der Waals surface area contributed by atoms with E-state index in [1.807, 2.05) is 15.5 Å². The number of fused-ring (bicyclic) bond motifs is 1. The number of amides is 1. The topological polar surface area (TPSA) is 66.6 Å². The zero-order chi connectivity index (χ0) is 18.9. The number of hydrogen-bond acceptors (Lipinski definition) is 6. The summed E-state index contributed by atoms with van der Waals surface area (Å²) in [6.07, 6.45) is 3.56. The van der Waals surface area contributed by atoms with Gasteiger partial charge in [0.1, 0.15) is 5.01 Å². The quantitative estimate of drug-likeness (QED) is 0.640. The van der Waals surface area contributed by atoms with Gasteiger partial charge in [0.05, 0.1) is 0 Å². The molecule has 8 heteroatoms. The fourth-order valence-electron chi connectivity index (χ4n) is 3.74. The van der Waals surface area contributed by atoms with Gasteiger partial charge in [-0.15, -0.1) is 10.2 Å². The summed E-state index contributed by atoms with van der Waals surface area (Å²) in [5.74, 6) is 1.74. The molecule has 1 saturated carbocycles. The zero-order valence-corrected chi connectivity index (χ0v) is 16.6. The summed E-state index contributed by atoms with van der Waals surface area (Å²) >= 11 is 1.55. The molecular formula is C20H24N6OS. The SMILES string of the molecule is O=C(CCc1nn2c(C3CC3)nnc2s1)N1CCN(Cc2ccccc2)CC1. The summed E-state index contributed by atoms with van der Waals surface area (Å²) < 4.78 is 1.88. The van der Waals surface area contributed by atoms with Crippen LogP contribution in [0.5, 0.6) is 0 Å². The molecule has 7 nitrogen and oxygen atoms in total. The second-order valence-electron chi connectivity index (χ2n) is 7.67. The van der Waals surface area contributed by atoms with Crippen molar-refractivity contribution in [2.24, 2.45) is 0 Å². The molecule has 2 fully saturated rings. The van der Waals surface area contributed by atoms with Crippen molar-refractivity contribution in [2.45, 2.75) is 38.1 Å². The van der Waals surface area contributed by atoms with E-state index in [1.54, 1.807) is 11.3 Å². The van der Waals surface area contributed by atoms with E-state index < -0.39 is 0 Å². The lowest BCUT2D eigenvalue weighted by Gasteiger charge is -2.34. The van der Waals surface area contributed by atoms with E-state index in [4.69, 9.17) is 0 Å². The molecule has 28 heavy (non-hydrogen) atoms. The average Bonchev–Trinajstić information content (AvgIpc) is 3.36. The number of carbonyl (C=O) groups is 1. The van der Waals surface area contributed by atoms with Crippen LogP contribution in [0.4, 0.5) is 0 Å². The minimum atomic E-state index is 0.229. The molecule has 0 unspecified atom stereocenters. The van der Waals surface area contributed by atoms with Crippen molar-refractivity contribution < 1.29 is 4.79 Å². The Kier molecular flexibility index (Phi) is 4.82. The highest BCUT2D eigenvalue weighted by Gasteiger charge is 2.30. The molecule has 1 amide bonds. The Bertz CT molecular complexity index is 956. The Morgan fingerprint density at radius 2 is 1.86 bits per heavy atom. The highest BCUT2D eigenvalue weighted by molar-refractivity contribution is 7.16. The molecule has 2 aromatic heterocycles. The normalized spacial score (nSPS) is 18.1. The van der Waals surface area contributed by atoms with Gasteiger partial charge in [0.25, 0.3) is 0 Å². The van der Waals surface area contributed by atoms with Gasteiger partial charge in [0.2, 0.25) is 10.9 Å². The maximum Gasteiger partial charge on any atom is 0.234 e. The lowest BCUT2D eigenvalue weighted by molar-refractivity contribution is -0.133. The number of carbonyl (C=O) groups excluding carboxylic acids is 1. The first-order valence-corrected chi connectivity index (χ1v) is 10.8. The Labute approximate surface area is 168 Å². The van der Waals surface area contributed by atoms with E-state index >= 15 is 0 Å². The predicted octanol–water partition coefficient (Wildman–Crippen LogP) is 2.34. The maximum absolute atomic E-state index is 12.6. The standard InChI is InChI=1S/C20H24N6OS/c27-18(25-12-10-24(11-13-25)14-15-4-2-1-3-5-15)9-8-17-23-26-19(16-6-7-16)21-22-20(26)28-17/h1-5,16H,6-14H2. The van der Waals surface area contributed by atoms with Crippen LogP contribution in [-0.2, 0) is 17.8 Å². The van der Waals surface area contributed by atoms with Gasteiger partial charge in [0, 0.05) is 51.5 Å². The van der Waals surface area contributed by atoms with E-state index in [1.165, 1.54) is 18.4 Å². The van der Waals surface area contributed by atoms with Crippen molar-refractivity contribution in [1.29, 1.82) is 0 Å². The van der Waals surface area contributed by atoms with Crippen molar-refractivity contribution in [3.63, 3.8) is 0 Å². The zero-order valence-electron chi connectivity index (χ0n) is 15.8. The van der Waals surface area contributed by atoms with Gasteiger partial charge in [0.15, 0.2) is 5.82 Å². The summed E-state index contributed by atoms with van der Waals surface area (Å²) in [7, 11) is 0. The summed E-state index contributed by atoms with van der Waals surface area (Å²) in [5, 5.41) is 14.1. The van der Waals surface area contributed by atoms with Gasteiger partial charge in [-0.25, -0.2) is 0 Å². The van der Waals surface area contributed by atoms with Gasteiger partial charge < -0.3 is 4.90 Å². The number of rotatable bonds is 6. The number of nitrogens with zero attached hydrogens (tertiary/aromatic N) is 6. The second kappa shape index (κ2) is 7.60. The van der Waals surface area contributed by atoms with Crippen LogP contribution in [-0.4, -0.2) is 61.7 Å². The molecule has 5 rings (SSSR count). The molecule has 146 valence electrons. The van der Waals surface area contributed by atoms with Crippen molar-refractivity contribution in [1.82, 2.24) is 29.6 Å². The van der Waals surface area contributed by atoms with Crippen LogP contribution in [0.15, 0.2) is 30.3 Å². The minimum absolute atomic E-state index is 0.229. The van der Waals surface area contributed by atoms with Crippen LogP contribution < -0.4 is 0 Å². The summed E-state index contributed by atoms with van der Waals surface area (Å²) in [5.41, 5.74) is 1.33. The predicted molar refractivity (Wildman–Crippen MR) is 107 cm³/mol. The van der Waals surface area contributed by atoms with Crippen LogP contribution in [0.2, 0.25) is 0 Å². The smallest absolute Gasteiger partial charge is 0.234 e. The van der Waals surface area contributed by atoms with Crippen LogP contribution in [0, 0.1) is 0 Å². The maximum atomic E-state index is 12.6. The average molecular weight is 397 g/mol. The fourth-order valence-corrected chi connectivity index (χ4v) is 4.58. The number of benzene rings is 1. The van der Waals surface area contributed by atoms with E-state index in [-0.39, 0.29) is 5.91 Å². The van der Waals surface area contributed by atoms with Gasteiger partial charge in [-0.05, 0) is 18.4 Å². The Morgan fingerprint density at radius 3 is 2.61 bits per heavy atom. The van der Waals surface area contributed by atoms with Gasteiger partial charge in [-0.3, -0.25) is 9.69 Å². The lowest BCUT2D eigenvalue weighted by atomic mass is 10.2. The third-order valence-corrected chi connectivity index (χ3v) is 6.48. The van der Waals surface area contributed by atoms with Crippen molar-refractivity contribution >= 4 is 22.2 Å². The molecule has 1 aliphatic carbocycles. The monoisotopic (exact) mass is 396 g/mol. The van der Waals surface area contributed by atoms with E-state index in [0.29, 0.717) is 18.8 Å². The van der Waals surface area contributed by atoms with Gasteiger partial charge >= 0.3 is 0 Å². The molecular weight excluding hydrogens is 372 g/mol. The fraction of sp³-hybridized carbons (Fsp3) is 0.500. The molecule has 3 heterocycles. The number of piperazine rings is 1. The van der Waals surface area contributed by atoms with Crippen LogP contribution in [0.1, 0.15) is 41.6 Å². The van der Waals surface area contributed by atoms with E-state index in [0.717, 1.165) is 48.5 Å². The Morgan fingerprint density at radius 1 is 1.07 bits per heavy atom. The highest BCUT2D eigenvalue weighted by atomic mass is 32.1. The molecule has 2 aliphatic rings. The molecule has 3 aromatic rings. The largest absolute Gasteiger partial charge is 0.340 e. The van der Waals surface area contributed by atoms with Crippen molar-refractivity contribution in [3.8, 4) is 0 Å². The molecule has 0 atom stereocenters. The first-order valence-electron chi connectivity index (χ1n) is 10.0. The third kappa shape index (κ3) is 3.79. The van der Waals surface area contributed by atoms with Crippen LogP contribution in [0.25, 0.3) is 4.96 Å². The first-order chi connectivity index (χ1) is 13.8. The Hall–Kier alpha value is -2.32. The minimum Gasteiger partial charge on any atom is -0.340 e. The molecule has 0 radical (unpaired) electrons. The van der Waals surface area contributed by atoms with E-state index in [9.17, 15) is 4.79 Å². The Balaban J connectivity index is 1.12. The van der Waals surface area contributed by atoms with Crippen LogP contribution >= 0.6 is 11.3 Å². The molecule has 1 saturated heterocycles. The molecule has 1 aliphatic heterocycles. The summed E-state index contributed by atoms with van der Waals surface area (Å²) in [6.45, 7) is 4.44. The summed E-state index contributed by atoms with van der Waals surface area (Å²) in [4.78, 5) is 17.9. The number of aromatic nitrogens is 4. The lowest BCUT2D eigenvalue weighted by Crippen LogP contribution is -2.48. The second-order valence-corrected chi connectivity index (χ2v) is 8.71. The van der Waals surface area contributed by atoms with Crippen molar-refractivity contribution in [2.75, 3.05) is 26.2 Å². The highest BCUT2D eigenvalue weighted by Crippen LogP contribution is 2.39. The van der Waals surface area contributed by atoms with Crippen molar-refractivity contribution in [3.05, 3.63) is 46.7 Å². The van der Waals surface area contributed by atoms with Gasteiger partial charge in [-0.2, -0.15) is 9.61 Å². The molecule has 1 aromatic carbocycles. The third-order valence-electron chi connectivity index (χ3n) is 5.53. The van der Waals surface area contributed by atoms with E-state index in [2.05, 4.69) is 44.5 Å². The number of aryl methyl sites for hydroxylation is 1. The molecule has 0 bridgehead atoms. The first kappa shape index (κ1) is 17.8. The van der Waals surface area contributed by atoms with Gasteiger partial charge in [-0.1, -0.05) is 41.7 Å². The molecule has 0 N–H and O–H groups in total. The summed E-state index contributed by atoms with van der Waals surface area (Å²) in [6, 6.07) is 10.5. The van der Waals surface area contributed by atoms with Crippen LogP contribution in [0.3, 0.4) is 0 Å².